The molecule has 2 N–H and O–H groups in total. The quantitative estimate of drug-likeness (QED) is 0.334. The Balaban J connectivity index is 1.36. The van der Waals surface area contributed by atoms with E-state index in [1.54, 1.807) is 33.8 Å². The van der Waals surface area contributed by atoms with Gasteiger partial charge in [-0.1, -0.05) is 25.0 Å². The maximum Gasteiger partial charge on any atom is 0.408 e. The smallest absolute Gasteiger partial charge is 0.408 e. The summed E-state index contributed by atoms with van der Waals surface area (Å²) < 4.78 is 32.0. The van der Waals surface area contributed by atoms with Crippen LogP contribution in [0.4, 0.5) is 9.18 Å². The second-order valence-electron chi connectivity index (χ2n) is 14.9. The number of carbonyl (C=O) groups excluding carboxylic acids is 4. The SMILES string of the molecule is CCOC(=O)[C@@]12C[C@H]1/C=C\CCCCC[C@H](NC(=O)OC(C)(C)C)C(=O)N1C[C@@]3(CCc4c(c(C)nc5ccc(F)cc45)O3)C[C@H]1C(=O)N2. The molecule has 4 aliphatic rings. The number of esters is 1. The van der Waals surface area contributed by atoms with E-state index in [2.05, 4.69) is 15.6 Å². The Kier molecular flexibility index (Phi) is 9.36. The average molecular weight is 679 g/mol. The highest BCUT2D eigenvalue weighted by atomic mass is 19.1. The summed E-state index contributed by atoms with van der Waals surface area (Å²) in [7, 11) is 0. The van der Waals surface area contributed by atoms with Crippen LogP contribution in [0.1, 0.15) is 90.3 Å². The highest BCUT2D eigenvalue weighted by molar-refractivity contribution is 5.97. The molecule has 2 aromatic rings. The summed E-state index contributed by atoms with van der Waals surface area (Å²) in [5, 5.41) is 6.46. The first-order chi connectivity index (χ1) is 23.2. The van der Waals surface area contributed by atoms with Gasteiger partial charge in [0.1, 0.15) is 40.4 Å². The van der Waals surface area contributed by atoms with Gasteiger partial charge in [-0.2, -0.15) is 0 Å². The molecule has 5 atom stereocenters. The third kappa shape index (κ3) is 7.10. The van der Waals surface area contributed by atoms with E-state index in [-0.39, 0.29) is 31.3 Å². The first-order valence-corrected chi connectivity index (χ1v) is 17.5. The van der Waals surface area contributed by atoms with Crippen molar-refractivity contribution in [2.24, 2.45) is 5.92 Å². The van der Waals surface area contributed by atoms with Crippen LogP contribution in [0, 0.1) is 18.7 Å². The van der Waals surface area contributed by atoms with Crippen LogP contribution in [0.5, 0.6) is 5.75 Å². The fourth-order valence-electron chi connectivity index (χ4n) is 7.56. The zero-order valence-electron chi connectivity index (χ0n) is 29.0. The number of pyridine rings is 1. The Labute approximate surface area is 286 Å². The lowest BCUT2D eigenvalue weighted by Crippen LogP contribution is -2.57. The van der Waals surface area contributed by atoms with E-state index in [1.807, 2.05) is 19.1 Å². The second kappa shape index (κ2) is 13.2. The van der Waals surface area contributed by atoms with Gasteiger partial charge in [0, 0.05) is 23.3 Å². The molecule has 1 saturated heterocycles. The van der Waals surface area contributed by atoms with Crippen molar-refractivity contribution in [2.75, 3.05) is 13.2 Å². The molecular formula is C37H47FN4O7. The van der Waals surface area contributed by atoms with Crippen LogP contribution in [0.15, 0.2) is 30.4 Å². The molecule has 1 aliphatic carbocycles. The topological polar surface area (TPSA) is 136 Å². The number of amides is 3. The number of hydrogen-bond donors (Lipinski definition) is 2. The van der Waals surface area contributed by atoms with Crippen molar-refractivity contribution in [3.8, 4) is 5.75 Å². The molecule has 264 valence electrons. The number of fused-ring (bicyclic) bond motifs is 5. The average Bonchev–Trinajstić information content (AvgIpc) is 3.61. The molecule has 2 fully saturated rings. The molecule has 49 heavy (non-hydrogen) atoms. The predicted molar refractivity (Wildman–Crippen MR) is 179 cm³/mol. The molecule has 1 aromatic carbocycles. The maximum atomic E-state index is 14.5. The van der Waals surface area contributed by atoms with Crippen LogP contribution in [0.25, 0.3) is 10.9 Å². The molecule has 1 saturated carbocycles. The van der Waals surface area contributed by atoms with E-state index in [0.29, 0.717) is 54.5 Å². The Bertz CT molecular complexity index is 1690. The van der Waals surface area contributed by atoms with Crippen LogP contribution in [0.2, 0.25) is 0 Å². The number of aryl methyl sites for hydroxylation is 2. The number of rotatable bonds is 3. The van der Waals surface area contributed by atoms with Crippen LogP contribution in [0.3, 0.4) is 0 Å². The van der Waals surface area contributed by atoms with Crippen molar-refractivity contribution in [3.63, 3.8) is 0 Å². The van der Waals surface area contributed by atoms with Crippen LogP contribution in [-0.4, -0.2) is 75.7 Å². The monoisotopic (exact) mass is 678 g/mol. The highest BCUT2D eigenvalue weighted by Gasteiger charge is 2.63. The molecule has 0 radical (unpaired) electrons. The minimum absolute atomic E-state index is 0.0756. The molecule has 1 spiro atoms. The summed E-state index contributed by atoms with van der Waals surface area (Å²) >= 11 is 0. The maximum absolute atomic E-state index is 14.5. The molecule has 1 aromatic heterocycles. The molecule has 6 rings (SSSR count). The molecule has 12 heteroatoms. The van der Waals surface area contributed by atoms with Crippen molar-refractivity contribution < 1.29 is 37.8 Å². The lowest BCUT2D eigenvalue weighted by Gasteiger charge is -2.36. The first-order valence-electron chi connectivity index (χ1n) is 17.5. The summed E-state index contributed by atoms with van der Waals surface area (Å²) in [6, 6.07) is 2.54. The van der Waals surface area contributed by atoms with Gasteiger partial charge in [0.05, 0.1) is 24.4 Å². The summed E-state index contributed by atoms with van der Waals surface area (Å²) in [5.74, 6) is -1.47. The third-order valence-electron chi connectivity index (χ3n) is 10.0. The normalized spacial score (nSPS) is 29.3. The van der Waals surface area contributed by atoms with Gasteiger partial charge >= 0.3 is 12.1 Å². The summed E-state index contributed by atoms with van der Waals surface area (Å²) in [6.45, 7) is 9.05. The minimum Gasteiger partial charge on any atom is -0.483 e. The molecular weight excluding hydrogens is 631 g/mol. The molecule has 3 amide bonds. The van der Waals surface area contributed by atoms with Gasteiger partial charge in [-0.15, -0.1) is 0 Å². The Morgan fingerprint density at radius 1 is 1.18 bits per heavy atom. The van der Waals surface area contributed by atoms with Crippen LogP contribution < -0.4 is 15.4 Å². The van der Waals surface area contributed by atoms with Gasteiger partial charge in [0.25, 0.3) is 0 Å². The minimum atomic E-state index is -1.22. The van der Waals surface area contributed by atoms with Crippen molar-refractivity contribution in [2.45, 2.75) is 121 Å². The largest absolute Gasteiger partial charge is 0.483 e. The molecule has 0 bridgehead atoms. The highest BCUT2D eigenvalue weighted by Crippen LogP contribution is 2.48. The standard InChI is InChI=1S/C37H47FN4O7/c1-6-47-33(45)37-19-23(37)12-10-8-7-9-11-13-28(40-34(46)49-35(3,4)5)32(44)42-21-36(20-29(42)31(43)41-37)17-16-25-26-18-24(38)14-15-27(26)39-22(2)30(25)48-36/h10,12,14-15,18,23,28-29H,6-9,11,13,16-17,19-21H2,1-5H3,(H,40,46)(H,41,43)/b12-10-/t23-,28+,29+,36-,37-/m1/s1. The molecule has 3 aliphatic heterocycles. The van der Waals surface area contributed by atoms with Crippen molar-refractivity contribution in [1.82, 2.24) is 20.5 Å². The van der Waals surface area contributed by atoms with Crippen LogP contribution in [-0.2, 0) is 30.3 Å². The Morgan fingerprint density at radius 3 is 2.73 bits per heavy atom. The zero-order chi connectivity index (χ0) is 35.1. The number of carbonyl (C=O) groups is 4. The number of allylic oxidation sites excluding steroid dienone is 1. The lowest BCUT2D eigenvalue weighted by molar-refractivity contribution is -0.150. The summed E-state index contributed by atoms with van der Waals surface area (Å²) in [5.41, 5.74) is -0.812. The molecule has 4 heterocycles. The van der Waals surface area contributed by atoms with Crippen molar-refractivity contribution in [3.05, 3.63) is 47.4 Å². The van der Waals surface area contributed by atoms with E-state index in [0.717, 1.165) is 24.8 Å². The van der Waals surface area contributed by atoms with Gasteiger partial charge in [-0.3, -0.25) is 9.59 Å². The van der Waals surface area contributed by atoms with Crippen LogP contribution >= 0.6 is 0 Å². The fraction of sp³-hybridized carbons (Fsp3) is 0.595. The van der Waals surface area contributed by atoms with E-state index < -0.39 is 52.7 Å². The first kappa shape index (κ1) is 34.6. The Hall–Kier alpha value is -4.22. The molecule has 11 nitrogen and oxygen atoms in total. The zero-order valence-corrected chi connectivity index (χ0v) is 29.0. The number of nitrogens with one attached hydrogen (secondary N) is 2. The number of nitrogens with zero attached hydrogens (tertiary/aromatic N) is 2. The van der Waals surface area contributed by atoms with E-state index in [4.69, 9.17) is 14.2 Å². The van der Waals surface area contributed by atoms with Crippen molar-refractivity contribution >= 4 is 34.8 Å². The third-order valence-corrected chi connectivity index (χ3v) is 10.0. The number of aromatic nitrogens is 1. The number of ether oxygens (including phenoxy) is 3. The fourth-order valence-corrected chi connectivity index (χ4v) is 7.56. The number of hydrogen-bond acceptors (Lipinski definition) is 8. The number of alkyl carbamates (subject to hydrolysis) is 1. The van der Waals surface area contributed by atoms with Gasteiger partial charge in [0.15, 0.2) is 0 Å². The van der Waals surface area contributed by atoms with Gasteiger partial charge in [-0.05, 0) is 91.3 Å². The van der Waals surface area contributed by atoms with Gasteiger partial charge < -0.3 is 29.7 Å². The summed E-state index contributed by atoms with van der Waals surface area (Å²) in [6.07, 6.45) is 8.35. The van der Waals surface area contributed by atoms with E-state index in [9.17, 15) is 23.6 Å². The Morgan fingerprint density at radius 2 is 1.98 bits per heavy atom. The number of halogens is 1. The van der Waals surface area contributed by atoms with Gasteiger partial charge in [0.2, 0.25) is 11.8 Å². The number of benzene rings is 1. The lowest BCUT2D eigenvalue weighted by atomic mass is 9.87. The van der Waals surface area contributed by atoms with E-state index >= 15 is 0 Å². The second-order valence-corrected chi connectivity index (χ2v) is 14.9. The molecule has 0 unspecified atom stereocenters. The summed E-state index contributed by atoms with van der Waals surface area (Å²) in [4.78, 5) is 61.3. The van der Waals surface area contributed by atoms with E-state index in [1.165, 1.54) is 17.0 Å². The predicted octanol–water partition coefficient (Wildman–Crippen LogP) is 5.20. The van der Waals surface area contributed by atoms with Crippen molar-refractivity contribution in [1.29, 1.82) is 0 Å². The van der Waals surface area contributed by atoms with Gasteiger partial charge in [-0.25, -0.2) is 19.0 Å².